The number of hydrogen-bond acceptors (Lipinski definition) is 3. The molecule has 0 saturated heterocycles. The lowest BCUT2D eigenvalue weighted by molar-refractivity contribution is -0.148. The minimum absolute atomic E-state index is 0.0940. The van der Waals surface area contributed by atoms with Gasteiger partial charge < -0.3 is 9.47 Å². The van der Waals surface area contributed by atoms with E-state index in [0.29, 0.717) is 11.3 Å². The number of benzene rings is 2. The largest absolute Gasteiger partial charge is 0.457 e. The van der Waals surface area contributed by atoms with Gasteiger partial charge in [-0.1, -0.05) is 67.4 Å². The molecule has 0 bridgehead atoms. The molecule has 0 N–H and O–H groups in total. The molecule has 0 radical (unpaired) electrons. The number of alkyl halides is 1. The normalized spacial score (nSPS) is 21.1. The van der Waals surface area contributed by atoms with E-state index in [1.54, 1.807) is 6.07 Å². The summed E-state index contributed by atoms with van der Waals surface area (Å²) in [6.07, 6.45) is 2.14. The summed E-state index contributed by atoms with van der Waals surface area (Å²) in [4.78, 5) is 12.6. The number of ether oxygens (including phenoxy) is 2. The van der Waals surface area contributed by atoms with Crippen LogP contribution in [0.1, 0.15) is 38.8 Å². The van der Waals surface area contributed by atoms with Gasteiger partial charge in [-0.05, 0) is 49.4 Å². The number of rotatable bonds is 6. The zero-order valence-electron chi connectivity index (χ0n) is 16.1. The number of esters is 1. The van der Waals surface area contributed by atoms with Crippen molar-refractivity contribution in [1.29, 1.82) is 0 Å². The molecule has 1 unspecified atom stereocenters. The molecule has 1 saturated carbocycles. The van der Waals surface area contributed by atoms with Gasteiger partial charge >= 0.3 is 5.97 Å². The van der Waals surface area contributed by atoms with Gasteiger partial charge in [0.2, 0.25) is 5.56 Å². The van der Waals surface area contributed by atoms with Crippen molar-refractivity contribution in [1.82, 2.24) is 0 Å². The van der Waals surface area contributed by atoms with Crippen LogP contribution in [0.2, 0.25) is 0 Å². The fraction of sp³-hybridized carbons (Fsp3) is 0.348. The first kappa shape index (κ1) is 19.5. The molecule has 3 nitrogen and oxygen atoms in total. The van der Waals surface area contributed by atoms with Crippen LogP contribution < -0.4 is 4.74 Å². The molecule has 3 atom stereocenters. The zero-order chi connectivity index (χ0) is 19.6. The van der Waals surface area contributed by atoms with Crippen LogP contribution in [0.15, 0.2) is 66.2 Å². The van der Waals surface area contributed by atoms with Gasteiger partial charge in [-0.15, -0.1) is 0 Å². The first-order valence-corrected chi connectivity index (χ1v) is 9.55. The van der Waals surface area contributed by atoms with E-state index < -0.39 is 5.56 Å². The molecule has 3 rings (SSSR count). The highest BCUT2D eigenvalue weighted by Gasteiger charge is 2.61. The van der Waals surface area contributed by atoms with E-state index >= 15 is 0 Å². The Labute approximate surface area is 165 Å². The molecule has 1 fully saturated rings. The summed E-state index contributed by atoms with van der Waals surface area (Å²) < 4.78 is 11.4. The lowest BCUT2D eigenvalue weighted by Crippen LogP contribution is -2.12. The SMILES string of the molecule is CC(C)=C[C@@H]1[C@@H](C(=O)OC(Cl)c2cccc(Oc3ccccc3)c2)C1(C)C. The second kappa shape index (κ2) is 7.77. The molecule has 27 heavy (non-hydrogen) atoms. The average molecular weight is 385 g/mol. The van der Waals surface area contributed by atoms with Gasteiger partial charge in [-0.25, -0.2) is 0 Å². The quantitative estimate of drug-likeness (QED) is 0.324. The molecule has 1 aliphatic carbocycles. The molecule has 2 aromatic rings. The molecular weight excluding hydrogens is 360 g/mol. The third-order valence-corrected chi connectivity index (χ3v) is 5.34. The van der Waals surface area contributed by atoms with Crippen LogP contribution in [-0.2, 0) is 9.53 Å². The molecule has 1 aliphatic rings. The van der Waals surface area contributed by atoms with Crippen molar-refractivity contribution in [3.8, 4) is 11.5 Å². The predicted octanol–water partition coefficient (Wildman–Crippen LogP) is 6.50. The first-order chi connectivity index (χ1) is 12.8. The van der Waals surface area contributed by atoms with Crippen LogP contribution >= 0.6 is 11.6 Å². The number of carbonyl (C=O) groups is 1. The lowest BCUT2D eigenvalue weighted by Gasteiger charge is -2.14. The van der Waals surface area contributed by atoms with E-state index in [1.807, 2.05) is 62.4 Å². The third kappa shape index (κ3) is 4.54. The average Bonchev–Trinajstić information content (AvgIpc) is 3.15. The molecule has 0 aliphatic heterocycles. The fourth-order valence-electron chi connectivity index (χ4n) is 3.39. The maximum absolute atomic E-state index is 12.6. The summed E-state index contributed by atoms with van der Waals surface area (Å²) in [5.74, 6) is 1.18. The van der Waals surface area contributed by atoms with Crippen molar-refractivity contribution in [3.63, 3.8) is 0 Å². The summed E-state index contributed by atoms with van der Waals surface area (Å²) >= 11 is 6.38. The highest BCUT2D eigenvalue weighted by molar-refractivity contribution is 6.20. The fourth-order valence-corrected chi connectivity index (χ4v) is 3.61. The number of halogens is 1. The Hall–Kier alpha value is -2.26. The number of allylic oxidation sites excluding steroid dienone is 2. The van der Waals surface area contributed by atoms with Crippen molar-refractivity contribution < 1.29 is 14.3 Å². The Morgan fingerprint density at radius 2 is 1.74 bits per heavy atom. The zero-order valence-corrected chi connectivity index (χ0v) is 16.9. The highest BCUT2D eigenvalue weighted by atomic mass is 35.5. The molecule has 0 amide bonds. The second-order valence-corrected chi connectivity index (χ2v) is 8.21. The van der Waals surface area contributed by atoms with Crippen LogP contribution in [0.3, 0.4) is 0 Å². The van der Waals surface area contributed by atoms with E-state index in [4.69, 9.17) is 21.1 Å². The van der Waals surface area contributed by atoms with E-state index in [-0.39, 0.29) is 23.2 Å². The Bertz CT molecular complexity index is 838. The predicted molar refractivity (Wildman–Crippen MR) is 108 cm³/mol. The second-order valence-electron chi connectivity index (χ2n) is 7.81. The van der Waals surface area contributed by atoms with Crippen LogP contribution in [0.4, 0.5) is 0 Å². The van der Waals surface area contributed by atoms with Gasteiger partial charge in [0.25, 0.3) is 0 Å². The van der Waals surface area contributed by atoms with E-state index in [1.165, 1.54) is 5.57 Å². The highest BCUT2D eigenvalue weighted by Crippen LogP contribution is 2.60. The summed E-state index contributed by atoms with van der Waals surface area (Å²) in [6, 6.07) is 16.8. The topological polar surface area (TPSA) is 35.5 Å². The molecule has 0 spiro atoms. The minimum atomic E-state index is -0.847. The molecule has 142 valence electrons. The summed E-state index contributed by atoms with van der Waals surface area (Å²) in [6.45, 7) is 8.25. The molecular formula is C23H25ClO3. The Kier molecular flexibility index (Phi) is 5.61. The van der Waals surface area contributed by atoms with Gasteiger partial charge in [0.15, 0.2) is 0 Å². The van der Waals surface area contributed by atoms with Gasteiger partial charge in [0.05, 0.1) is 5.92 Å². The molecule has 2 aromatic carbocycles. The number of hydrogen-bond donors (Lipinski definition) is 0. The van der Waals surface area contributed by atoms with Crippen LogP contribution in [-0.4, -0.2) is 5.97 Å². The Morgan fingerprint density at radius 1 is 1.07 bits per heavy atom. The van der Waals surface area contributed by atoms with E-state index in [0.717, 1.165) is 5.75 Å². The lowest BCUT2D eigenvalue weighted by atomic mass is 10.1. The van der Waals surface area contributed by atoms with E-state index in [2.05, 4.69) is 19.9 Å². The van der Waals surface area contributed by atoms with Crippen molar-refractivity contribution >= 4 is 17.6 Å². The number of para-hydroxylation sites is 1. The van der Waals surface area contributed by atoms with Gasteiger partial charge in [-0.2, -0.15) is 0 Å². The first-order valence-electron chi connectivity index (χ1n) is 9.11. The molecule has 0 heterocycles. The minimum Gasteiger partial charge on any atom is -0.457 e. The van der Waals surface area contributed by atoms with Crippen molar-refractivity contribution in [2.24, 2.45) is 17.3 Å². The summed E-state index contributed by atoms with van der Waals surface area (Å²) in [5.41, 5.74) is 0.955. The summed E-state index contributed by atoms with van der Waals surface area (Å²) in [7, 11) is 0. The Morgan fingerprint density at radius 3 is 2.41 bits per heavy atom. The summed E-state index contributed by atoms with van der Waals surface area (Å²) in [5, 5.41) is 0. The maximum atomic E-state index is 12.6. The van der Waals surface area contributed by atoms with Crippen molar-refractivity contribution in [3.05, 3.63) is 71.8 Å². The van der Waals surface area contributed by atoms with E-state index in [9.17, 15) is 4.79 Å². The van der Waals surface area contributed by atoms with Gasteiger partial charge in [0, 0.05) is 5.56 Å². The maximum Gasteiger partial charge on any atom is 0.311 e. The third-order valence-electron chi connectivity index (χ3n) is 5.00. The monoisotopic (exact) mass is 384 g/mol. The van der Waals surface area contributed by atoms with Crippen LogP contribution in [0.25, 0.3) is 0 Å². The standard InChI is InChI=1S/C23H25ClO3/c1-15(2)13-19-20(23(19,3)4)22(25)27-21(24)16-9-8-12-18(14-16)26-17-10-6-5-7-11-17/h5-14,19-21H,1-4H3/t19-,20+,21?/m1/s1. The van der Waals surface area contributed by atoms with Gasteiger partial charge in [-0.3, -0.25) is 4.79 Å². The van der Waals surface area contributed by atoms with Crippen LogP contribution in [0.5, 0.6) is 11.5 Å². The Balaban J connectivity index is 1.66. The molecule has 4 heteroatoms. The van der Waals surface area contributed by atoms with Crippen LogP contribution in [0, 0.1) is 17.3 Å². The van der Waals surface area contributed by atoms with Crippen molar-refractivity contribution in [2.45, 2.75) is 33.3 Å². The smallest absolute Gasteiger partial charge is 0.311 e. The number of carbonyl (C=O) groups excluding carboxylic acids is 1. The van der Waals surface area contributed by atoms with Gasteiger partial charge in [0.1, 0.15) is 11.5 Å². The van der Waals surface area contributed by atoms with Crippen molar-refractivity contribution in [2.75, 3.05) is 0 Å². The molecule has 0 aromatic heterocycles.